The number of carbonyl (C=O) groups is 3. The molecule has 0 unspecified atom stereocenters. The summed E-state index contributed by atoms with van der Waals surface area (Å²) in [4.78, 5) is 34.2. The molecule has 7 nitrogen and oxygen atoms in total. The van der Waals surface area contributed by atoms with E-state index < -0.39 is 24.1 Å². The summed E-state index contributed by atoms with van der Waals surface area (Å²) < 4.78 is 5.38. The fourth-order valence-electron chi connectivity index (χ4n) is 3.50. The Labute approximate surface area is 178 Å². The zero-order chi connectivity index (χ0) is 21.5. The van der Waals surface area contributed by atoms with Gasteiger partial charge in [-0.3, -0.25) is 4.79 Å². The SMILES string of the molecule is O=C(O)CCSCC[C@H](NC(=O)OCC1c2ccccc2-c2ccccc21)C(=O)O. The number of hydrogen-bond donors (Lipinski definition) is 3. The van der Waals surface area contributed by atoms with Crippen LogP contribution in [0.1, 0.15) is 29.9 Å². The lowest BCUT2D eigenvalue weighted by Gasteiger charge is -2.17. The van der Waals surface area contributed by atoms with E-state index in [1.807, 2.05) is 48.5 Å². The molecule has 0 saturated carbocycles. The van der Waals surface area contributed by atoms with Crippen LogP contribution < -0.4 is 5.32 Å². The summed E-state index contributed by atoms with van der Waals surface area (Å²) in [6, 6.07) is 14.8. The van der Waals surface area contributed by atoms with Crippen molar-refractivity contribution in [2.24, 2.45) is 0 Å². The number of carboxylic acid groups (broad SMARTS) is 2. The summed E-state index contributed by atoms with van der Waals surface area (Å²) >= 11 is 1.34. The second kappa shape index (κ2) is 10.2. The van der Waals surface area contributed by atoms with E-state index in [2.05, 4.69) is 5.32 Å². The van der Waals surface area contributed by atoms with Crippen molar-refractivity contribution in [3.63, 3.8) is 0 Å². The molecule has 1 atom stereocenters. The van der Waals surface area contributed by atoms with Gasteiger partial charge < -0.3 is 20.3 Å². The number of rotatable bonds is 10. The van der Waals surface area contributed by atoms with Crippen molar-refractivity contribution in [1.82, 2.24) is 5.32 Å². The van der Waals surface area contributed by atoms with Crippen molar-refractivity contribution in [2.75, 3.05) is 18.1 Å². The first-order valence-corrected chi connectivity index (χ1v) is 10.8. The molecule has 0 aromatic heterocycles. The second-order valence-electron chi connectivity index (χ2n) is 6.91. The first-order valence-electron chi connectivity index (χ1n) is 9.61. The van der Waals surface area contributed by atoms with Crippen molar-refractivity contribution >= 4 is 29.8 Å². The largest absolute Gasteiger partial charge is 0.481 e. The Hall–Kier alpha value is -3.00. The molecule has 0 saturated heterocycles. The maximum absolute atomic E-state index is 12.2. The van der Waals surface area contributed by atoms with Crippen LogP contribution in [0.5, 0.6) is 0 Å². The van der Waals surface area contributed by atoms with E-state index in [0.717, 1.165) is 22.3 Å². The minimum atomic E-state index is -1.15. The Balaban J connectivity index is 1.54. The highest BCUT2D eigenvalue weighted by atomic mass is 32.2. The van der Waals surface area contributed by atoms with Gasteiger partial charge in [-0.2, -0.15) is 11.8 Å². The smallest absolute Gasteiger partial charge is 0.407 e. The van der Waals surface area contributed by atoms with Crippen LogP contribution in [0.25, 0.3) is 11.1 Å². The number of alkyl carbamates (subject to hydrolysis) is 1. The highest BCUT2D eigenvalue weighted by Gasteiger charge is 2.29. The Morgan fingerprint density at radius 3 is 2.13 bits per heavy atom. The number of benzene rings is 2. The average Bonchev–Trinajstić information content (AvgIpc) is 3.04. The molecule has 0 spiro atoms. The number of ether oxygens (including phenoxy) is 1. The van der Waals surface area contributed by atoms with Gasteiger partial charge in [0.2, 0.25) is 0 Å². The van der Waals surface area contributed by atoms with E-state index in [-0.39, 0.29) is 25.4 Å². The number of aliphatic carboxylic acids is 2. The van der Waals surface area contributed by atoms with Crippen LogP contribution in [-0.2, 0) is 14.3 Å². The minimum absolute atomic E-state index is 0.0161. The number of nitrogens with one attached hydrogen (secondary N) is 1. The number of carbonyl (C=O) groups excluding carboxylic acids is 1. The summed E-state index contributed by atoms with van der Waals surface area (Å²) in [7, 11) is 0. The molecule has 2 aromatic carbocycles. The molecule has 0 aliphatic heterocycles. The van der Waals surface area contributed by atoms with Crippen molar-refractivity contribution in [1.29, 1.82) is 0 Å². The molecule has 3 N–H and O–H groups in total. The van der Waals surface area contributed by atoms with Crippen LogP contribution in [0.4, 0.5) is 4.79 Å². The number of fused-ring (bicyclic) bond motifs is 3. The standard InChI is InChI=1S/C22H23NO6S/c24-20(25)10-12-30-11-9-19(21(26)27)23-22(28)29-13-18-16-7-3-1-5-14(16)15-6-2-4-8-17(15)18/h1-8,18-19H,9-13H2,(H,23,28)(H,24,25)(H,26,27)/t19-/m0/s1. The van der Waals surface area contributed by atoms with Gasteiger partial charge in [-0.25, -0.2) is 9.59 Å². The van der Waals surface area contributed by atoms with Gasteiger partial charge in [-0.05, 0) is 34.4 Å². The molecule has 3 rings (SSSR count). The van der Waals surface area contributed by atoms with Gasteiger partial charge in [0.15, 0.2) is 0 Å². The third kappa shape index (κ3) is 5.33. The van der Waals surface area contributed by atoms with Gasteiger partial charge in [-0.1, -0.05) is 48.5 Å². The summed E-state index contributed by atoms with van der Waals surface area (Å²) in [5.74, 6) is -1.32. The molecule has 8 heteroatoms. The number of carboxylic acids is 2. The lowest BCUT2D eigenvalue weighted by atomic mass is 9.98. The molecule has 2 aromatic rings. The van der Waals surface area contributed by atoms with Crippen LogP contribution in [0.2, 0.25) is 0 Å². The van der Waals surface area contributed by atoms with Crippen molar-refractivity contribution in [3.05, 3.63) is 59.7 Å². The third-order valence-corrected chi connectivity index (χ3v) is 5.96. The Morgan fingerprint density at radius 2 is 1.57 bits per heavy atom. The van der Waals surface area contributed by atoms with E-state index in [1.54, 1.807) is 0 Å². The van der Waals surface area contributed by atoms with Crippen LogP contribution in [0.3, 0.4) is 0 Å². The summed E-state index contributed by atoms with van der Waals surface area (Å²) in [6.45, 7) is 0.111. The van der Waals surface area contributed by atoms with Gasteiger partial charge in [0.1, 0.15) is 12.6 Å². The van der Waals surface area contributed by atoms with E-state index in [4.69, 9.17) is 9.84 Å². The van der Waals surface area contributed by atoms with E-state index in [1.165, 1.54) is 11.8 Å². The van der Waals surface area contributed by atoms with Gasteiger partial charge in [0, 0.05) is 11.7 Å². The highest BCUT2D eigenvalue weighted by molar-refractivity contribution is 7.99. The van der Waals surface area contributed by atoms with Crippen LogP contribution in [0, 0.1) is 0 Å². The average molecular weight is 429 g/mol. The Morgan fingerprint density at radius 1 is 0.967 bits per heavy atom. The molecule has 30 heavy (non-hydrogen) atoms. The monoisotopic (exact) mass is 429 g/mol. The van der Waals surface area contributed by atoms with Crippen molar-refractivity contribution in [3.8, 4) is 11.1 Å². The first kappa shape index (κ1) is 21.7. The Kier molecular flexibility index (Phi) is 7.35. The highest BCUT2D eigenvalue weighted by Crippen LogP contribution is 2.44. The summed E-state index contributed by atoms with van der Waals surface area (Å²) in [5.41, 5.74) is 4.39. The maximum Gasteiger partial charge on any atom is 0.407 e. The predicted molar refractivity (Wildman–Crippen MR) is 114 cm³/mol. The van der Waals surface area contributed by atoms with Gasteiger partial charge in [-0.15, -0.1) is 0 Å². The number of hydrogen-bond acceptors (Lipinski definition) is 5. The second-order valence-corrected chi connectivity index (χ2v) is 8.13. The topological polar surface area (TPSA) is 113 Å². The van der Waals surface area contributed by atoms with E-state index >= 15 is 0 Å². The molecular formula is C22H23NO6S. The lowest BCUT2D eigenvalue weighted by molar-refractivity contribution is -0.139. The third-order valence-electron chi connectivity index (χ3n) is 4.94. The molecule has 0 fully saturated rings. The normalized spacial score (nSPS) is 13.2. The summed E-state index contributed by atoms with van der Waals surface area (Å²) in [6.07, 6.45) is -0.578. The molecule has 1 amide bonds. The lowest BCUT2D eigenvalue weighted by Crippen LogP contribution is -2.41. The van der Waals surface area contributed by atoms with E-state index in [9.17, 15) is 19.5 Å². The maximum atomic E-state index is 12.2. The fourth-order valence-corrected chi connectivity index (χ4v) is 4.43. The zero-order valence-corrected chi connectivity index (χ0v) is 17.1. The van der Waals surface area contributed by atoms with Gasteiger partial charge in [0.05, 0.1) is 6.42 Å². The van der Waals surface area contributed by atoms with Crippen LogP contribution in [-0.4, -0.2) is 52.4 Å². The first-order chi connectivity index (χ1) is 14.5. The Bertz CT molecular complexity index is 886. The number of amides is 1. The van der Waals surface area contributed by atoms with E-state index in [0.29, 0.717) is 11.5 Å². The van der Waals surface area contributed by atoms with Crippen LogP contribution in [0.15, 0.2) is 48.5 Å². The molecule has 1 aliphatic rings. The quantitative estimate of drug-likeness (QED) is 0.495. The predicted octanol–water partition coefficient (Wildman–Crippen LogP) is 3.58. The molecular weight excluding hydrogens is 406 g/mol. The zero-order valence-electron chi connectivity index (χ0n) is 16.2. The molecule has 158 valence electrons. The van der Waals surface area contributed by atoms with Crippen LogP contribution >= 0.6 is 11.8 Å². The number of thioether (sulfide) groups is 1. The molecule has 0 heterocycles. The van der Waals surface area contributed by atoms with Gasteiger partial charge >= 0.3 is 18.0 Å². The molecule has 1 aliphatic carbocycles. The van der Waals surface area contributed by atoms with Gasteiger partial charge in [0.25, 0.3) is 0 Å². The minimum Gasteiger partial charge on any atom is -0.481 e. The fraction of sp³-hybridized carbons (Fsp3) is 0.318. The molecule has 0 bridgehead atoms. The van der Waals surface area contributed by atoms with Crippen molar-refractivity contribution in [2.45, 2.75) is 24.8 Å². The van der Waals surface area contributed by atoms with Crippen molar-refractivity contribution < 1.29 is 29.3 Å². The summed E-state index contributed by atoms with van der Waals surface area (Å²) in [5, 5.41) is 20.4. The molecule has 0 radical (unpaired) electrons.